The summed E-state index contributed by atoms with van der Waals surface area (Å²) in [5.74, 6) is -0.609. The lowest BCUT2D eigenvalue weighted by molar-refractivity contribution is -0.175. The van der Waals surface area contributed by atoms with Crippen LogP contribution in [0.4, 0.5) is 0 Å². The Kier molecular flexibility index (Phi) is 4.73. The van der Waals surface area contributed by atoms with Gasteiger partial charge in [-0.05, 0) is 13.8 Å². The second kappa shape index (κ2) is 5.07. The number of hydrogen-bond acceptors (Lipinski definition) is 5. The fourth-order valence-corrected chi connectivity index (χ4v) is 1.21. The lowest BCUT2D eigenvalue weighted by Crippen LogP contribution is -2.48. The van der Waals surface area contributed by atoms with Crippen molar-refractivity contribution in [2.24, 2.45) is 0 Å². The van der Waals surface area contributed by atoms with Crippen molar-refractivity contribution in [3.63, 3.8) is 0 Å². The molecule has 0 aliphatic rings. The molecule has 0 saturated carbocycles. The van der Waals surface area contributed by atoms with E-state index in [4.69, 9.17) is 4.74 Å². The molecule has 0 bridgehead atoms. The van der Waals surface area contributed by atoms with E-state index in [0.717, 1.165) is 0 Å². The molecule has 3 atom stereocenters. The number of carbonyl (C=O) groups excluding carboxylic acids is 2. The van der Waals surface area contributed by atoms with Gasteiger partial charge in [0.2, 0.25) is 0 Å². The first kappa shape index (κ1) is 13.1. The number of carbonyl (C=O) groups is 2. The van der Waals surface area contributed by atoms with E-state index in [0.29, 0.717) is 6.29 Å². The summed E-state index contributed by atoms with van der Waals surface area (Å²) >= 11 is 0. The highest BCUT2D eigenvalue weighted by atomic mass is 16.6. The number of aldehydes is 1. The van der Waals surface area contributed by atoms with Crippen molar-refractivity contribution in [2.75, 3.05) is 0 Å². The van der Waals surface area contributed by atoms with Crippen molar-refractivity contribution in [1.82, 2.24) is 0 Å². The van der Waals surface area contributed by atoms with Crippen LogP contribution in [-0.4, -0.2) is 40.3 Å². The Bertz CT molecular complexity index is 209. The van der Waals surface area contributed by atoms with Crippen LogP contribution in [0, 0.1) is 0 Å². The van der Waals surface area contributed by atoms with E-state index < -0.39 is 23.8 Å². The molecule has 5 nitrogen and oxygen atoms in total. The lowest BCUT2D eigenvalue weighted by atomic mass is 9.92. The fraction of sp³-hybridized carbons (Fsp3) is 0.778. The largest absolute Gasteiger partial charge is 0.457 e. The van der Waals surface area contributed by atoms with E-state index in [1.807, 2.05) is 0 Å². The van der Waals surface area contributed by atoms with E-state index in [1.54, 1.807) is 0 Å². The summed E-state index contributed by atoms with van der Waals surface area (Å²) in [6, 6.07) is 0. The maximum atomic E-state index is 10.7. The van der Waals surface area contributed by atoms with Crippen LogP contribution in [0.2, 0.25) is 0 Å². The summed E-state index contributed by atoms with van der Waals surface area (Å²) in [4.78, 5) is 20.9. The van der Waals surface area contributed by atoms with E-state index in [1.165, 1.54) is 20.8 Å². The Balaban J connectivity index is 4.62. The van der Waals surface area contributed by atoms with Crippen molar-refractivity contribution in [2.45, 2.75) is 45.0 Å². The molecule has 0 fully saturated rings. The number of aliphatic hydroxyl groups is 2. The number of esters is 1. The summed E-state index contributed by atoms with van der Waals surface area (Å²) in [6.07, 6.45) is -1.81. The molecule has 0 aromatic heterocycles. The van der Waals surface area contributed by atoms with Gasteiger partial charge in [0.1, 0.15) is 11.9 Å². The molecule has 0 aliphatic heterocycles. The number of ether oxygens (including phenoxy) is 1. The topological polar surface area (TPSA) is 83.8 Å². The average molecular weight is 204 g/mol. The van der Waals surface area contributed by atoms with Crippen LogP contribution in [0.3, 0.4) is 0 Å². The van der Waals surface area contributed by atoms with Gasteiger partial charge in [0.15, 0.2) is 6.10 Å². The predicted octanol–water partition coefficient (Wildman–Crippen LogP) is -0.361. The molecule has 2 N–H and O–H groups in total. The Hall–Kier alpha value is -0.940. The summed E-state index contributed by atoms with van der Waals surface area (Å²) in [6.45, 7) is 3.89. The van der Waals surface area contributed by atoms with Gasteiger partial charge >= 0.3 is 5.97 Å². The van der Waals surface area contributed by atoms with Crippen LogP contribution in [-0.2, 0) is 14.3 Å². The normalized spacial score (nSPS) is 19.2. The Morgan fingerprint density at radius 2 is 2.14 bits per heavy atom. The summed E-state index contributed by atoms with van der Waals surface area (Å²) in [7, 11) is 0. The number of hydrogen-bond donors (Lipinski definition) is 2. The Labute approximate surface area is 82.7 Å². The zero-order chi connectivity index (χ0) is 11.4. The van der Waals surface area contributed by atoms with Gasteiger partial charge in [-0.25, -0.2) is 0 Å². The molecule has 0 rings (SSSR count). The molecule has 0 unspecified atom stereocenters. The highest BCUT2D eigenvalue weighted by Gasteiger charge is 2.37. The molecule has 14 heavy (non-hydrogen) atoms. The van der Waals surface area contributed by atoms with E-state index in [-0.39, 0.29) is 6.42 Å². The molecule has 0 amide bonds. The maximum Gasteiger partial charge on any atom is 0.303 e. The third-order valence-corrected chi connectivity index (χ3v) is 1.84. The zero-order valence-corrected chi connectivity index (χ0v) is 8.56. The molecular weight excluding hydrogens is 188 g/mol. The van der Waals surface area contributed by atoms with Crippen molar-refractivity contribution in [3.8, 4) is 0 Å². The van der Waals surface area contributed by atoms with Crippen LogP contribution in [0.1, 0.15) is 27.2 Å². The molecule has 0 radical (unpaired) electrons. The third kappa shape index (κ3) is 3.85. The minimum Gasteiger partial charge on any atom is -0.457 e. The van der Waals surface area contributed by atoms with Gasteiger partial charge in [0.25, 0.3) is 0 Å². The highest BCUT2D eigenvalue weighted by Crippen LogP contribution is 2.20. The summed E-state index contributed by atoms with van der Waals surface area (Å²) < 4.78 is 4.73. The molecule has 0 aromatic rings. The van der Waals surface area contributed by atoms with Crippen molar-refractivity contribution >= 4 is 12.3 Å². The third-order valence-electron chi connectivity index (χ3n) is 1.84. The zero-order valence-electron chi connectivity index (χ0n) is 8.56. The first-order valence-electron chi connectivity index (χ1n) is 4.32. The van der Waals surface area contributed by atoms with E-state index in [2.05, 4.69) is 0 Å². The molecule has 0 saturated heterocycles. The van der Waals surface area contributed by atoms with Gasteiger partial charge in [0.05, 0.1) is 6.10 Å². The van der Waals surface area contributed by atoms with Crippen LogP contribution in [0.15, 0.2) is 0 Å². The minimum absolute atomic E-state index is 0.199. The fourth-order valence-electron chi connectivity index (χ4n) is 1.21. The van der Waals surface area contributed by atoms with Gasteiger partial charge < -0.3 is 19.7 Å². The molecule has 0 aliphatic carbocycles. The number of rotatable bonds is 5. The second-order valence-corrected chi connectivity index (χ2v) is 3.50. The van der Waals surface area contributed by atoms with Crippen molar-refractivity contribution in [1.29, 1.82) is 0 Å². The second-order valence-electron chi connectivity index (χ2n) is 3.50. The van der Waals surface area contributed by atoms with Crippen LogP contribution >= 0.6 is 0 Å². The summed E-state index contributed by atoms with van der Waals surface area (Å²) in [5.41, 5.74) is -1.54. The quantitative estimate of drug-likeness (QED) is 0.472. The monoisotopic (exact) mass is 204 g/mol. The van der Waals surface area contributed by atoms with Crippen LogP contribution in [0.5, 0.6) is 0 Å². The molecule has 0 spiro atoms. The molecule has 0 aromatic carbocycles. The molecule has 5 heteroatoms. The van der Waals surface area contributed by atoms with Crippen LogP contribution in [0.25, 0.3) is 0 Å². The number of aliphatic hydroxyl groups excluding tert-OH is 1. The standard InChI is InChI=1S/C9H16O5/c1-6(11)8(14-7(2)12)9(3,13)4-5-10/h5-6,8,11,13H,4H2,1-3H3/t6-,8-,9+/m0/s1. The van der Waals surface area contributed by atoms with Crippen molar-refractivity contribution < 1.29 is 24.5 Å². The Morgan fingerprint density at radius 1 is 1.64 bits per heavy atom. The SMILES string of the molecule is CC(=O)O[C@@H]([C@H](C)O)[C@](C)(O)CC=O. The highest BCUT2D eigenvalue weighted by molar-refractivity contribution is 5.66. The van der Waals surface area contributed by atoms with Crippen molar-refractivity contribution in [3.05, 3.63) is 0 Å². The van der Waals surface area contributed by atoms with Gasteiger partial charge in [-0.1, -0.05) is 0 Å². The predicted molar refractivity (Wildman–Crippen MR) is 48.5 cm³/mol. The Morgan fingerprint density at radius 3 is 2.43 bits per heavy atom. The van der Waals surface area contributed by atoms with E-state index in [9.17, 15) is 19.8 Å². The average Bonchev–Trinajstić information content (AvgIpc) is 1.99. The van der Waals surface area contributed by atoms with Gasteiger partial charge in [0, 0.05) is 13.3 Å². The first-order valence-corrected chi connectivity index (χ1v) is 4.32. The smallest absolute Gasteiger partial charge is 0.303 e. The van der Waals surface area contributed by atoms with Crippen LogP contribution < -0.4 is 0 Å². The van der Waals surface area contributed by atoms with Gasteiger partial charge in [-0.15, -0.1) is 0 Å². The minimum atomic E-state index is -1.54. The molecule has 0 heterocycles. The lowest BCUT2D eigenvalue weighted by Gasteiger charge is -2.32. The first-order chi connectivity index (χ1) is 6.31. The van der Waals surface area contributed by atoms with E-state index >= 15 is 0 Å². The maximum absolute atomic E-state index is 10.7. The molecule has 82 valence electrons. The molecular formula is C9H16O5. The summed E-state index contributed by atoms with van der Waals surface area (Å²) in [5, 5.41) is 19.0. The van der Waals surface area contributed by atoms with Gasteiger partial charge in [-0.3, -0.25) is 4.79 Å². The van der Waals surface area contributed by atoms with Gasteiger partial charge in [-0.2, -0.15) is 0 Å².